The van der Waals surface area contributed by atoms with Crippen LogP contribution in [0, 0.1) is 6.92 Å². The molecule has 0 saturated carbocycles. The molecule has 2 rings (SSSR count). The Labute approximate surface area is 136 Å². The van der Waals surface area contributed by atoms with Crippen LogP contribution in [0.15, 0.2) is 30.6 Å². The SMILES string of the molecule is Cc1cc(C(=O)NC(C)c2cccc(OCC(F)(F)F)n2)ncn1. The van der Waals surface area contributed by atoms with Gasteiger partial charge < -0.3 is 10.1 Å². The fourth-order valence-electron chi connectivity index (χ4n) is 1.83. The maximum absolute atomic E-state index is 12.2. The maximum atomic E-state index is 12.2. The van der Waals surface area contributed by atoms with Crippen molar-refractivity contribution >= 4 is 5.91 Å². The van der Waals surface area contributed by atoms with E-state index in [2.05, 4.69) is 25.0 Å². The van der Waals surface area contributed by atoms with Gasteiger partial charge in [0.2, 0.25) is 5.88 Å². The lowest BCUT2D eigenvalue weighted by atomic mass is 10.2. The van der Waals surface area contributed by atoms with Crippen molar-refractivity contribution in [3.63, 3.8) is 0 Å². The monoisotopic (exact) mass is 340 g/mol. The molecule has 0 bridgehead atoms. The first-order valence-corrected chi connectivity index (χ1v) is 7.00. The standard InChI is InChI=1S/C15H15F3N4O2/c1-9-6-12(20-8-19-9)14(23)21-10(2)11-4-3-5-13(22-11)24-7-15(16,17)18/h3-6,8,10H,7H2,1-2H3,(H,21,23). The van der Waals surface area contributed by atoms with Crippen molar-refractivity contribution in [3.05, 3.63) is 47.7 Å². The van der Waals surface area contributed by atoms with E-state index in [-0.39, 0.29) is 11.6 Å². The van der Waals surface area contributed by atoms with Crippen LogP contribution in [0.1, 0.15) is 34.8 Å². The van der Waals surface area contributed by atoms with E-state index >= 15 is 0 Å². The van der Waals surface area contributed by atoms with Crippen molar-refractivity contribution < 1.29 is 22.7 Å². The largest absolute Gasteiger partial charge is 0.468 e. The summed E-state index contributed by atoms with van der Waals surface area (Å²) >= 11 is 0. The molecule has 6 nitrogen and oxygen atoms in total. The number of pyridine rings is 1. The molecule has 24 heavy (non-hydrogen) atoms. The summed E-state index contributed by atoms with van der Waals surface area (Å²) < 4.78 is 41.1. The smallest absolute Gasteiger partial charge is 0.422 e. The molecule has 1 atom stereocenters. The number of aromatic nitrogens is 3. The second kappa shape index (κ2) is 7.24. The number of hydrogen-bond donors (Lipinski definition) is 1. The molecule has 0 aromatic carbocycles. The van der Waals surface area contributed by atoms with E-state index in [1.165, 1.54) is 24.5 Å². The molecule has 0 aliphatic heterocycles. The fraction of sp³-hybridized carbons (Fsp3) is 0.333. The molecule has 2 aromatic heterocycles. The zero-order valence-corrected chi connectivity index (χ0v) is 13.0. The van der Waals surface area contributed by atoms with Gasteiger partial charge >= 0.3 is 6.18 Å². The summed E-state index contributed by atoms with van der Waals surface area (Å²) in [5, 5.41) is 2.67. The summed E-state index contributed by atoms with van der Waals surface area (Å²) in [7, 11) is 0. The van der Waals surface area contributed by atoms with Gasteiger partial charge in [-0.05, 0) is 26.0 Å². The van der Waals surface area contributed by atoms with Gasteiger partial charge in [-0.3, -0.25) is 4.79 Å². The molecular weight excluding hydrogens is 325 g/mol. The number of carbonyl (C=O) groups excluding carboxylic acids is 1. The molecular formula is C15H15F3N4O2. The predicted octanol–water partition coefficient (Wildman–Crippen LogP) is 2.61. The third-order valence-electron chi connectivity index (χ3n) is 2.96. The zero-order valence-electron chi connectivity index (χ0n) is 13.0. The Hall–Kier alpha value is -2.71. The summed E-state index contributed by atoms with van der Waals surface area (Å²) in [4.78, 5) is 23.9. The van der Waals surface area contributed by atoms with Crippen molar-refractivity contribution in [2.75, 3.05) is 6.61 Å². The number of nitrogens with zero attached hydrogens (tertiary/aromatic N) is 3. The molecule has 1 unspecified atom stereocenters. The summed E-state index contributed by atoms with van der Waals surface area (Å²) in [6.07, 6.45) is -3.17. The average Bonchev–Trinajstić information content (AvgIpc) is 2.52. The average molecular weight is 340 g/mol. The second-order valence-corrected chi connectivity index (χ2v) is 5.04. The number of nitrogens with one attached hydrogen (secondary N) is 1. The van der Waals surface area contributed by atoms with E-state index < -0.39 is 24.7 Å². The minimum absolute atomic E-state index is 0.163. The molecule has 9 heteroatoms. The topological polar surface area (TPSA) is 77.0 Å². The highest BCUT2D eigenvalue weighted by atomic mass is 19.4. The van der Waals surface area contributed by atoms with E-state index in [1.54, 1.807) is 19.9 Å². The van der Waals surface area contributed by atoms with Crippen LogP contribution in [-0.4, -0.2) is 33.6 Å². The van der Waals surface area contributed by atoms with Gasteiger partial charge in [-0.25, -0.2) is 15.0 Å². The molecule has 128 valence electrons. The van der Waals surface area contributed by atoms with Gasteiger partial charge in [0.05, 0.1) is 11.7 Å². The molecule has 2 aromatic rings. The van der Waals surface area contributed by atoms with Crippen molar-refractivity contribution in [1.29, 1.82) is 0 Å². The molecule has 0 saturated heterocycles. The van der Waals surface area contributed by atoms with Crippen LogP contribution in [0.4, 0.5) is 13.2 Å². The minimum atomic E-state index is -4.44. The first-order chi connectivity index (χ1) is 11.2. The third-order valence-corrected chi connectivity index (χ3v) is 2.96. The molecule has 1 N–H and O–H groups in total. The van der Waals surface area contributed by atoms with Gasteiger partial charge in [-0.2, -0.15) is 13.2 Å². The van der Waals surface area contributed by atoms with Gasteiger partial charge in [-0.1, -0.05) is 6.07 Å². The van der Waals surface area contributed by atoms with Crippen molar-refractivity contribution in [2.45, 2.75) is 26.1 Å². The van der Waals surface area contributed by atoms with Crippen LogP contribution >= 0.6 is 0 Å². The predicted molar refractivity (Wildman–Crippen MR) is 78.4 cm³/mol. The lowest BCUT2D eigenvalue weighted by Crippen LogP contribution is -2.28. The molecule has 0 aliphatic carbocycles. The Morgan fingerprint density at radius 2 is 2.08 bits per heavy atom. The van der Waals surface area contributed by atoms with E-state index in [9.17, 15) is 18.0 Å². The lowest BCUT2D eigenvalue weighted by Gasteiger charge is -2.15. The minimum Gasteiger partial charge on any atom is -0.468 e. The molecule has 0 spiro atoms. The number of halogens is 3. The van der Waals surface area contributed by atoms with Crippen LogP contribution < -0.4 is 10.1 Å². The van der Waals surface area contributed by atoms with Gasteiger partial charge in [-0.15, -0.1) is 0 Å². The number of amides is 1. The quantitative estimate of drug-likeness (QED) is 0.905. The summed E-state index contributed by atoms with van der Waals surface area (Å²) in [6.45, 7) is 1.96. The first-order valence-electron chi connectivity index (χ1n) is 7.00. The van der Waals surface area contributed by atoms with Crippen LogP contribution in [0.5, 0.6) is 5.88 Å². The summed E-state index contributed by atoms with van der Waals surface area (Å²) in [6, 6.07) is 5.39. The molecule has 2 heterocycles. The highest BCUT2D eigenvalue weighted by molar-refractivity contribution is 5.92. The number of rotatable bonds is 5. The Morgan fingerprint density at radius 1 is 1.33 bits per heavy atom. The third kappa shape index (κ3) is 5.18. The Kier molecular flexibility index (Phi) is 5.32. The van der Waals surface area contributed by atoms with Gasteiger partial charge in [0.1, 0.15) is 12.0 Å². The second-order valence-electron chi connectivity index (χ2n) is 5.04. The van der Waals surface area contributed by atoms with Crippen LogP contribution in [0.25, 0.3) is 0 Å². The highest BCUT2D eigenvalue weighted by Gasteiger charge is 2.28. The number of alkyl halides is 3. The van der Waals surface area contributed by atoms with Gasteiger partial charge in [0, 0.05) is 11.8 Å². The van der Waals surface area contributed by atoms with Gasteiger partial charge in [0.25, 0.3) is 5.91 Å². The van der Waals surface area contributed by atoms with Crippen molar-refractivity contribution in [1.82, 2.24) is 20.3 Å². The summed E-state index contributed by atoms with van der Waals surface area (Å²) in [5.74, 6) is -0.597. The molecule has 0 fully saturated rings. The fourth-order valence-corrected chi connectivity index (χ4v) is 1.83. The van der Waals surface area contributed by atoms with Crippen molar-refractivity contribution in [3.8, 4) is 5.88 Å². The summed E-state index contributed by atoms with van der Waals surface area (Å²) in [5.41, 5.74) is 1.20. The lowest BCUT2D eigenvalue weighted by molar-refractivity contribution is -0.154. The number of carbonyl (C=O) groups is 1. The van der Waals surface area contributed by atoms with Crippen LogP contribution in [0.3, 0.4) is 0 Å². The van der Waals surface area contributed by atoms with E-state index in [4.69, 9.17) is 0 Å². The Morgan fingerprint density at radius 3 is 2.75 bits per heavy atom. The number of aryl methyl sites for hydroxylation is 1. The Bertz CT molecular complexity index is 722. The van der Waals surface area contributed by atoms with E-state index in [1.807, 2.05) is 0 Å². The highest BCUT2D eigenvalue weighted by Crippen LogP contribution is 2.19. The van der Waals surface area contributed by atoms with Crippen molar-refractivity contribution in [2.24, 2.45) is 0 Å². The molecule has 1 amide bonds. The normalized spacial score (nSPS) is 12.5. The Balaban J connectivity index is 2.04. The van der Waals surface area contributed by atoms with Gasteiger partial charge in [0.15, 0.2) is 6.61 Å². The van der Waals surface area contributed by atoms with Crippen LogP contribution in [0.2, 0.25) is 0 Å². The van der Waals surface area contributed by atoms with E-state index in [0.717, 1.165) is 0 Å². The zero-order chi connectivity index (χ0) is 17.7. The number of ether oxygens (including phenoxy) is 1. The molecule has 0 radical (unpaired) electrons. The molecule has 0 aliphatic rings. The number of hydrogen-bond acceptors (Lipinski definition) is 5. The first kappa shape index (κ1) is 17.6. The van der Waals surface area contributed by atoms with Crippen LogP contribution in [-0.2, 0) is 0 Å². The van der Waals surface area contributed by atoms with E-state index in [0.29, 0.717) is 11.4 Å². The maximum Gasteiger partial charge on any atom is 0.422 e.